The van der Waals surface area contributed by atoms with Crippen molar-refractivity contribution in [2.75, 3.05) is 5.75 Å². The lowest BCUT2D eigenvalue weighted by atomic mass is 10.0. The van der Waals surface area contributed by atoms with Crippen LogP contribution in [0.15, 0.2) is 23.1 Å². The highest BCUT2D eigenvalue weighted by molar-refractivity contribution is 7.99. The summed E-state index contributed by atoms with van der Waals surface area (Å²) in [6.45, 7) is 0. The van der Waals surface area contributed by atoms with Gasteiger partial charge in [0.2, 0.25) is 5.91 Å². The van der Waals surface area contributed by atoms with Gasteiger partial charge in [0.25, 0.3) is 0 Å². The van der Waals surface area contributed by atoms with Crippen molar-refractivity contribution in [2.45, 2.75) is 29.8 Å². The van der Waals surface area contributed by atoms with Crippen molar-refractivity contribution in [1.29, 1.82) is 0 Å². The zero-order chi connectivity index (χ0) is 14.7. The Balaban J connectivity index is 2.10. The molecule has 0 saturated carbocycles. The molecule has 0 radical (unpaired) electrons. The van der Waals surface area contributed by atoms with Crippen LogP contribution < -0.4 is 11.1 Å². The van der Waals surface area contributed by atoms with Gasteiger partial charge in [-0.1, -0.05) is 0 Å². The van der Waals surface area contributed by atoms with E-state index in [0.717, 1.165) is 16.2 Å². The van der Waals surface area contributed by atoms with Crippen LogP contribution in [-0.2, 0) is 9.59 Å². The largest absolute Gasteiger partial charge is 0.481 e. The molecule has 1 aromatic carbocycles. The van der Waals surface area contributed by atoms with Gasteiger partial charge in [0.1, 0.15) is 5.82 Å². The van der Waals surface area contributed by atoms with Gasteiger partial charge in [0.05, 0.1) is 18.5 Å². The molecule has 5 nitrogen and oxygen atoms in total. The number of amides is 1. The number of hydrogen-bond donors (Lipinski definition) is 3. The summed E-state index contributed by atoms with van der Waals surface area (Å²) in [5.41, 5.74) is 6.23. The smallest absolute Gasteiger partial charge is 0.305 e. The van der Waals surface area contributed by atoms with E-state index in [1.807, 2.05) is 0 Å². The number of rotatable bonds is 4. The quantitative estimate of drug-likeness (QED) is 0.778. The van der Waals surface area contributed by atoms with Crippen LogP contribution in [0, 0.1) is 5.82 Å². The number of thioether (sulfide) groups is 1. The van der Waals surface area contributed by atoms with Crippen molar-refractivity contribution in [2.24, 2.45) is 5.73 Å². The third-order valence-electron chi connectivity index (χ3n) is 3.06. The van der Waals surface area contributed by atoms with Crippen LogP contribution in [0.4, 0.5) is 4.39 Å². The summed E-state index contributed by atoms with van der Waals surface area (Å²) < 4.78 is 13.3. The van der Waals surface area contributed by atoms with E-state index in [4.69, 9.17) is 10.8 Å². The standard InChI is InChI=1S/C13H15FN2O3S/c14-7-1-2-11-8(5-7)10(3-4-20-11)16-13(19)9(15)6-12(17)18/h1-2,5,9-10H,3-4,6,15H2,(H,16,19)(H,17,18). The number of nitrogens with one attached hydrogen (secondary N) is 1. The van der Waals surface area contributed by atoms with Gasteiger partial charge in [-0.05, 0) is 30.2 Å². The molecule has 0 aliphatic carbocycles. The maximum Gasteiger partial charge on any atom is 0.305 e. The number of hydrogen-bond acceptors (Lipinski definition) is 4. The molecule has 0 saturated heterocycles. The molecule has 108 valence electrons. The Hall–Kier alpha value is -1.60. The lowest BCUT2D eigenvalue weighted by Crippen LogP contribution is -2.44. The minimum atomic E-state index is -1.13. The van der Waals surface area contributed by atoms with Crippen LogP contribution in [0.25, 0.3) is 0 Å². The van der Waals surface area contributed by atoms with E-state index >= 15 is 0 Å². The van der Waals surface area contributed by atoms with Crippen LogP contribution in [0.2, 0.25) is 0 Å². The first-order valence-corrected chi connectivity index (χ1v) is 7.16. The molecule has 2 atom stereocenters. The van der Waals surface area contributed by atoms with Gasteiger partial charge in [0, 0.05) is 10.6 Å². The molecule has 1 aliphatic heterocycles. The highest BCUT2D eigenvalue weighted by Crippen LogP contribution is 2.36. The van der Waals surface area contributed by atoms with E-state index in [1.165, 1.54) is 12.1 Å². The Labute approximate surface area is 119 Å². The number of benzene rings is 1. The molecule has 1 amide bonds. The van der Waals surface area contributed by atoms with Gasteiger partial charge >= 0.3 is 5.97 Å². The van der Waals surface area contributed by atoms with E-state index in [9.17, 15) is 14.0 Å². The third kappa shape index (κ3) is 3.49. The van der Waals surface area contributed by atoms with Crippen molar-refractivity contribution < 1.29 is 19.1 Å². The summed E-state index contributed by atoms with van der Waals surface area (Å²) >= 11 is 1.60. The SMILES string of the molecule is NC(CC(=O)O)C(=O)NC1CCSc2ccc(F)cc21. The molecule has 0 aromatic heterocycles. The van der Waals surface area contributed by atoms with Gasteiger partial charge < -0.3 is 16.2 Å². The first-order valence-electron chi connectivity index (χ1n) is 6.17. The van der Waals surface area contributed by atoms with E-state index in [-0.39, 0.29) is 11.9 Å². The lowest BCUT2D eigenvalue weighted by Gasteiger charge is -2.26. The molecule has 2 unspecified atom stereocenters. The second kappa shape index (κ2) is 6.23. The topological polar surface area (TPSA) is 92.4 Å². The van der Waals surface area contributed by atoms with Gasteiger partial charge in [-0.25, -0.2) is 4.39 Å². The van der Waals surface area contributed by atoms with Crippen molar-refractivity contribution in [3.63, 3.8) is 0 Å². The molecule has 1 heterocycles. The van der Waals surface area contributed by atoms with Crippen LogP contribution >= 0.6 is 11.8 Å². The van der Waals surface area contributed by atoms with E-state index in [2.05, 4.69) is 5.32 Å². The number of carbonyl (C=O) groups excluding carboxylic acids is 1. The van der Waals surface area contributed by atoms with E-state index < -0.39 is 24.3 Å². The van der Waals surface area contributed by atoms with E-state index in [1.54, 1.807) is 17.8 Å². The first-order chi connectivity index (χ1) is 9.47. The Bertz CT molecular complexity index is 538. The van der Waals surface area contributed by atoms with Gasteiger partial charge in [0.15, 0.2) is 0 Å². The molecule has 0 spiro atoms. The minimum Gasteiger partial charge on any atom is -0.481 e. The van der Waals surface area contributed by atoms with Crippen LogP contribution in [0.3, 0.4) is 0 Å². The highest BCUT2D eigenvalue weighted by Gasteiger charge is 2.25. The number of nitrogens with two attached hydrogens (primary N) is 1. The van der Waals surface area contributed by atoms with Crippen molar-refractivity contribution in [3.05, 3.63) is 29.6 Å². The van der Waals surface area contributed by atoms with Gasteiger partial charge in [-0.3, -0.25) is 9.59 Å². The first kappa shape index (κ1) is 14.8. The summed E-state index contributed by atoms with van der Waals surface area (Å²) in [5, 5.41) is 11.3. The summed E-state index contributed by atoms with van der Waals surface area (Å²) in [5.74, 6) is -1.21. The number of fused-ring (bicyclic) bond motifs is 1. The van der Waals surface area contributed by atoms with E-state index in [0.29, 0.717) is 6.42 Å². The van der Waals surface area contributed by atoms with Crippen molar-refractivity contribution in [1.82, 2.24) is 5.32 Å². The molecule has 2 rings (SSSR count). The summed E-state index contributed by atoms with van der Waals surface area (Å²) in [4.78, 5) is 23.3. The Kier molecular flexibility index (Phi) is 4.61. The molecule has 1 aliphatic rings. The molecular weight excluding hydrogens is 283 g/mol. The predicted octanol–water partition coefficient (Wildman–Crippen LogP) is 1.28. The Morgan fingerprint density at radius 1 is 1.55 bits per heavy atom. The zero-order valence-corrected chi connectivity index (χ0v) is 11.5. The number of halogens is 1. The van der Waals surface area contributed by atoms with Crippen LogP contribution in [-0.4, -0.2) is 28.8 Å². The molecular formula is C13H15FN2O3S. The van der Waals surface area contributed by atoms with Crippen LogP contribution in [0.5, 0.6) is 0 Å². The normalized spacial score (nSPS) is 19.0. The van der Waals surface area contributed by atoms with Crippen LogP contribution in [0.1, 0.15) is 24.4 Å². The van der Waals surface area contributed by atoms with Gasteiger partial charge in [-0.15, -0.1) is 11.8 Å². The maximum atomic E-state index is 13.3. The summed E-state index contributed by atoms with van der Waals surface area (Å²) in [6, 6.07) is 3.04. The fraction of sp³-hybridized carbons (Fsp3) is 0.385. The monoisotopic (exact) mass is 298 g/mol. The molecule has 4 N–H and O–H groups in total. The molecule has 7 heteroatoms. The predicted molar refractivity (Wildman–Crippen MR) is 72.9 cm³/mol. The third-order valence-corrected chi connectivity index (χ3v) is 4.18. The minimum absolute atomic E-state index is 0.325. The highest BCUT2D eigenvalue weighted by atomic mass is 32.2. The second-order valence-corrected chi connectivity index (χ2v) is 5.72. The number of carbonyl (C=O) groups is 2. The molecule has 20 heavy (non-hydrogen) atoms. The Morgan fingerprint density at radius 2 is 2.30 bits per heavy atom. The Morgan fingerprint density at radius 3 is 3.00 bits per heavy atom. The maximum absolute atomic E-state index is 13.3. The fourth-order valence-corrected chi connectivity index (χ4v) is 3.18. The number of aliphatic carboxylic acids is 1. The second-order valence-electron chi connectivity index (χ2n) is 4.58. The molecule has 0 bridgehead atoms. The van der Waals surface area contributed by atoms with Crippen molar-refractivity contribution >= 4 is 23.6 Å². The number of carboxylic acid groups (broad SMARTS) is 1. The van der Waals surface area contributed by atoms with Crippen molar-refractivity contribution in [3.8, 4) is 0 Å². The molecule has 1 aromatic rings. The summed E-state index contributed by atoms with van der Waals surface area (Å²) in [6.07, 6.45) is 0.232. The zero-order valence-electron chi connectivity index (χ0n) is 10.6. The van der Waals surface area contributed by atoms with Gasteiger partial charge in [-0.2, -0.15) is 0 Å². The molecule has 0 fully saturated rings. The lowest BCUT2D eigenvalue weighted by molar-refractivity contribution is -0.139. The number of carboxylic acids is 1. The fourth-order valence-electron chi connectivity index (χ4n) is 2.07. The average molecular weight is 298 g/mol. The average Bonchev–Trinajstić information content (AvgIpc) is 2.38. The summed E-state index contributed by atoms with van der Waals surface area (Å²) in [7, 11) is 0.